The fourth-order valence-electron chi connectivity index (χ4n) is 5.53. The van der Waals surface area contributed by atoms with Gasteiger partial charge in [0.25, 0.3) is 0 Å². The summed E-state index contributed by atoms with van der Waals surface area (Å²) in [6.45, 7) is 6.71. The minimum absolute atomic E-state index is 0.140. The van der Waals surface area contributed by atoms with Gasteiger partial charge < -0.3 is 0 Å². The second-order valence-corrected chi connectivity index (χ2v) is 10.3. The van der Waals surface area contributed by atoms with Crippen molar-refractivity contribution >= 4 is 11.3 Å². The second kappa shape index (κ2) is 9.86. The van der Waals surface area contributed by atoms with Crippen LogP contribution >= 0.6 is 11.3 Å². The summed E-state index contributed by atoms with van der Waals surface area (Å²) in [6.07, 6.45) is 5.09. The van der Waals surface area contributed by atoms with Crippen LogP contribution in [0.3, 0.4) is 0 Å². The van der Waals surface area contributed by atoms with Crippen LogP contribution in [0.4, 0.5) is 4.39 Å². The Kier molecular flexibility index (Phi) is 6.72. The summed E-state index contributed by atoms with van der Waals surface area (Å²) < 4.78 is 13.3. The quantitative estimate of drug-likeness (QED) is 0.428. The number of benzene rings is 2. The number of halogens is 1. The summed E-state index contributed by atoms with van der Waals surface area (Å²) in [4.78, 5) is 5.45. The lowest BCUT2D eigenvalue weighted by molar-refractivity contribution is 0.0390. The van der Waals surface area contributed by atoms with Crippen LogP contribution in [0.2, 0.25) is 0 Å². The Hall–Kier alpha value is -2.01. The number of aryl methyl sites for hydroxylation is 1. The number of thiophene rings is 1. The Morgan fingerprint density at radius 3 is 2.22 bits per heavy atom. The van der Waals surface area contributed by atoms with E-state index < -0.39 is 0 Å². The first kappa shape index (κ1) is 21.8. The molecule has 0 spiro atoms. The van der Waals surface area contributed by atoms with E-state index in [1.165, 1.54) is 35.2 Å². The van der Waals surface area contributed by atoms with Crippen molar-refractivity contribution in [1.29, 1.82) is 0 Å². The van der Waals surface area contributed by atoms with Crippen LogP contribution in [-0.4, -0.2) is 42.1 Å². The van der Waals surface area contributed by atoms with Crippen molar-refractivity contribution in [3.05, 3.63) is 93.4 Å². The van der Waals surface area contributed by atoms with Crippen molar-refractivity contribution in [1.82, 2.24) is 9.80 Å². The summed E-state index contributed by atoms with van der Waals surface area (Å²) in [7, 11) is 0. The maximum atomic E-state index is 13.3. The van der Waals surface area contributed by atoms with E-state index in [-0.39, 0.29) is 5.82 Å². The fourth-order valence-corrected chi connectivity index (χ4v) is 6.27. The zero-order chi connectivity index (χ0) is 21.9. The zero-order valence-electron chi connectivity index (χ0n) is 18.9. The zero-order valence-corrected chi connectivity index (χ0v) is 19.7. The van der Waals surface area contributed by atoms with Crippen molar-refractivity contribution in [2.75, 3.05) is 26.2 Å². The van der Waals surface area contributed by atoms with E-state index in [0.717, 1.165) is 38.9 Å². The van der Waals surface area contributed by atoms with Crippen LogP contribution in [0.1, 0.15) is 53.4 Å². The SMILES string of the molecule is Cc1ccc(C[C@H](N2CCC(c3ccc(F)cc3)CC2)N2CC[C@H](c3ccsc3)C2)cc1. The molecule has 2 aliphatic rings. The van der Waals surface area contributed by atoms with Gasteiger partial charge in [-0.05, 0) is 83.7 Å². The average Bonchev–Trinajstić information content (AvgIpc) is 3.52. The number of hydrogen-bond donors (Lipinski definition) is 0. The molecule has 2 nitrogen and oxygen atoms in total. The highest BCUT2D eigenvalue weighted by Crippen LogP contribution is 2.34. The van der Waals surface area contributed by atoms with Gasteiger partial charge in [0.1, 0.15) is 5.82 Å². The third kappa shape index (κ3) is 4.98. The molecule has 2 aromatic carbocycles. The van der Waals surface area contributed by atoms with Crippen LogP contribution in [0.5, 0.6) is 0 Å². The van der Waals surface area contributed by atoms with E-state index in [4.69, 9.17) is 0 Å². The lowest BCUT2D eigenvalue weighted by atomic mass is 9.89. The summed E-state index contributed by atoms with van der Waals surface area (Å²) in [6, 6.07) is 18.6. The molecule has 3 aromatic rings. The number of nitrogens with zero attached hydrogens (tertiary/aromatic N) is 2. The Labute approximate surface area is 195 Å². The van der Waals surface area contributed by atoms with Crippen molar-refractivity contribution in [2.45, 2.75) is 50.6 Å². The predicted octanol–water partition coefficient (Wildman–Crippen LogP) is 6.43. The van der Waals surface area contributed by atoms with E-state index in [2.05, 4.69) is 57.8 Å². The van der Waals surface area contributed by atoms with Gasteiger partial charge in [0, 0.05) is 32.6 Å². The van der Waals surface area contributed by atoms with Gasteiger partial charge in [-0.2, -0.15) is 11.3 Å². The summed E-state index contributed by atoms with van der Waals surface area (Å²) in [5.74, 6) is 1.07. The lowest BCUT2D eigenvalue weighted by Crippen LogP contribution is -2.51. The van der Waals surface area contributed by atoms with Crippen LogP contribution in [0.15, 0.2) is 65.4 Å². The van der Waals surface area contributed by atoms with Gasteiger partial charge in [-0.3, -0.25) is 9.80 Å². The Balaban J connectivity index is 1.29. The molecule has 168 valence electrons. The van der Waals surface area contributed by atoms with Gasteiger partial charge in [0.2, 0.25) is 0 Å². The molecular formula is C28H33FN2S. The highest BCUT2D eigenvalue weighted by Gasteiger charge is 2.34. The maximum absolute atomic E-state index is 13.3. The molecule has 2 saturated heterocycles. The highest BCUT2D eigenvalue weighted by molar-refractivity contribution is 7.08. The molecule has 0 saturated carbocycles. The van der Waals surface area contributed by atoms with Crippen molar-refractivity contribution in [2.24, 2.45) is 0 Å². The first-order chi connectivity index (χ1) is 15.7. The molecule has 4 heteroatoms. The molecule has 0 radical (unpaired) electrons. The standard InChI is InChI=1S/C28H33FN2S/c1-21-2-4-22(5-3-21)18-28(31-16-12-25(19-31)26-13-17-32-20-26)30-14-10-24(11-15-30)23-6-8-27(29)9-7-23/h2-9,13,17,20,24-25,28H,10-12,14-16,18-19H2,1H3/t25-,28+/m0/s1. The number of likely N-dealkylation sites (tertiary alicyclic amines) is 2. The molecule has 2 fully saturated rings. The van der Waals surface area contributed by atoms with E-state index in [0.29, 0.717) is 18.0 Å². The largest absolute Gasteiger partial charge is 0.288 e. The van der Waals surface area contributed by atoms with Gasteiger partial charge in [0.15, 0.2) is 0 Å². The number of hydrogen-bond acceptors (Lipinski definition) is 3. The second-order valence-electron chi connectivity index (χ2n) is 9.57. The van der Waals surface area contributed by atoms with E-state index in [1.54, 1.807) is 12.1 Å². The van der Waals surface area contributed by atoms with Gasteiger partial charge >= 0.3 is 0 Å². The molecule has 5 rings (SSSR count). The minimum atomic E-state index is -0.140. The minimum Gasteiger partial charge on any atom is -0.288 e. The molecule has 2 aliphatic heterocycles. The van der Waals surface area contributed by atoms with Crippen molar-refractivity contribution in [3.63, 3.8) is 0 Å². The van der Waals surface area contributed by atoms with Gasteiger partial charge in [-0.25, -0.2) is 4.39 Å². The number of piperidine rings is 1. The van der Waals surface area contributed by atoms with E-state index >= 15 is 0 Å². The van der Waals surface area contributed by atoms with Gasteiger partial charge in [-0.15, -0.1) is 0 Å². The monoisotopic (exact) mass is 448 g/mol. The number of rotatable bonds is 6. The smallest absolute Gasteiger partial charge is 0.123 e. The molecule has 0 N–H and O–H groups in total. The normalized spacial score (nSPS) is 21.8. The summed E-state index contributed by atoms with van der Waals surface area (Å²) in [5.41, 5.74) is 5.56. The van der Waals surface area contributed by atoms with Crippen LogP contribution in [-0.2, 0) is 6.42 Å². The van der Waals surface area contributed by atoms with E-state index in [1.807, 2.05) is 23.5 Å². The first-order valence-corrected chi connectivity index (χ1v) is 12.9. The van der Waals surface area contributed by atoms with E-state index in [9.17, 15) is 4.39 Å². The van der Waals surface area contributed by atoms with Crippen LogP contribution < -0.4 is 0 Å². The maximum Gasteiger partial charge on any atom is 0.123 e. The molecule has 0 bridgehead atoms. The first-order valence-electron chi connectivity index (χ1n) is 12.0. The fraction of sp³-hybridized carbons (Fsp3) is 0.429. The Bertz CT molecular complexity index is 975. The lowest BCUT2D eigenvalue weighted by Gasteiger charge is -2.42. The molecule has 2 atom stereocenters. The molecule has 32 heavy (non-hydrogen) atoms. The third-order valence-corrected chi connectivity index (χ3v) is 8.19. The van der Waals surface area contributed by atoms with Gasteiger partial charge in [0.05, 0.1) is 6.17 Å². The molecule has 0 unspecified atom stereocenters. The van der Waals surface area contributed by atoms with Crippen molar-refractivity contribution < 1.29 is 4.39 Å². The molecule has 0 amide bonds. The molecule has 3 heterocycles. The van der Waals surface area contributed by atoms with Crippen LogP contribution in [0, 0.1) is 12.7 Å². The predicted molar refractivity (Wildman–Crippen MR) is 132 cm³/mol. The van der Waals surface area contributed by atoms with Crippen LogP contribution in [0.25, 0.3) is 0 Å². The molecule has 0 aliphatic carbocycles. The molecule has 1 aromatic heterocycles. The average molecular weight is 449 g/mol. The highest BCUT2D eigenvalue weighted by atomic mass is 32.1. The third-order valence-electron chi connectivity index (χ3n) is 7.49. The van der Waals surface area contributed by atoms with Gasteiger partial charge in [-0.1, -0.05) is 42.0 Å². The Morgan fingerprint density at radius 1 is 0.844 bits per heavy atom. The summed E-state index contributed by atoms with van der Waals surface area (Å²) >= 11 is 1.81. The Morgan fingerprint density at radius 2 is 1.53 bits per heavy atom. The topological polar surface area (TPSA) is 6.48 Å². The van der Waals surface area contributed by atoms with Crippen molar-refractivity contribution in [3.8, 4) is 0 Å². The summed E-state index contributed by atoms with van der Waals surface area (Å²) in [5, 5.41) is 4.54. The molecular weight excluding hydrogens is 415 g/mol.